The zero-order valence-electron chi connectivity index (χ0n) is 12.4. The number of rotatable bonds is 8. The molecule has 1 saturated carbocycles. The lowest BCUT2D eigenvalue weighted by Crippen LogP contribution is -2.47. The van der Waals surface area contributed by atoms with Gasteiger partial charge in [0.15, 0.2) is 0 Å². The smallest absolute Gasteiger partial charge is 0.316 e. The lowest BCUT2D eigenvalue weighted by atomic mass is 10.0. The van der Waals surface area contributed by atoms with Crippen LogP contribution in [0.5, 0.6) is 0 Å². The number of halogens is 3. The first kappa shape index (κ1) is 16.8. The highest BCUT2D eigenvalue weighted by Gasteiger charge is 2.41. The van der Waals surface area contributed by atoms with Gasteiger partial charge in [0.2, 0.25) is 0 Å². The average Bonchev–Trinajstić information content (AvgIpc) is 3.06. The highest BCUT2D eigenvalue weighted by Crippen LogP contribution is 2.33. The van der Waals surface area contributed by atoms with E-state index in [2.05, 4.69) is 19.2 Å². The number of nitrogens with one attached hydrogen (secondary N) is 1. The molecular weight excluding hydrogens is 253 g/mol. The van der Waals surface area contributed by atoms with Crippen molar-refractivity contribution >= 4 is 0 Å². The van der Waals surface area contributed by atoms with E-state index >= 15 is 0 Å². The third-order valence-corrected chi connectivity index (χ3v) is 3.74. The maximum absolute atomic E-state index is 12.6. The van der Waals surface area contributed by atoms with E-state index in [0.717, 1.165) is 25.9 Å². The van der Waals surface area contributed by atoms with Crippen LogP contribution in [0.15, 0.2) is 0 Å². The summed E-state index contributed by atoms with van der Waals surface area (Å²) in [7, 11) is 0. The molecule has 1 aliphatic rings. The van der Waals surface area contributed by atoms with Gasteiger partial charge < -0.3 is 5.32 Å². The van der Waals surface area contributed by atoms with Gasteiger partial charge in [0, 0.05) is 12.1 Å². The molecule has 0 radical (unpaired) electrons. The largest absolute Gasteiger partial charge is 0.401 e. The van der Waals surface area contributed by atoms with Crippen LogP contribution >= 0.6 is 0 Å². The van der Waals surface area contributed by atoms with E-state index in [1.807, 2.05) is 13.8 Å². The van der Waals surface area contributed by atoms with Crippen molar-refractivity contribution in [3.8, 4) is 0 Å². The molecule has 1 aliphatic carbocycles. The topological polar surface area (TPSA) is 15.3 Å². The van der Waals surface area contributed by atoms with E-state index in [-0.39, 0.29) is 18.0 Å². The molecule has 0 spiro atoms. The van der Waals surface area contributed by atoms with Crippen molar-refractivity contribution in [3.05, 3.63) is 0 Å². The third-order valence-electron chi connectivity index (χ3n) is 3.74. The summed E-state index contributed by atoms with van der Waals surface area (Å²) in [5.74, 6) is 0.791. The van der Waals surface area contributed by atoms with Crippen LogP contribution < -0.4 is 5.32 Å². The van der Waals surface area contributed by atoms with Crippen molar-refractivity contribution in [1.29, 1.82) is 0 Å². The Labute approximate surface area is 114 Å². The predicted molar refractivity (Wildman–Crippen MR) is 72.1 cm³/mol. The van der Waals surface area contributed by atoms with Crippen molar-refractivity contribution in [1.82, 2.24) is 10.2 Å². The molecule has 5 heteroatoms. The quantitative estimate of drug-likeness (QED) is 0.734. The first-order valence-corrected chi connectivity index (χ1v) is 7.24. The van der Waals surface area contributed by atoms with Crippen molar-refractivity contribution in [2.45, 2.75) is 58.8 Å². The molecule has 0 aromatic carbocycles. The van der Waals surface area contributed by atoms with Gasteiger partial charge in [-0.3, -0.25) is 4.90 Å². The molecular formula is C14H27F3N2. The molecule has 2 atom stereocenters. The van der Waals surface area contributed by atoms with Crippen LogP contribution in [0.1, 0.15) is 40.5 Å². The Hall–Kier alpha value is -0.290. The van der Waals surface area contributed by atoms with Crippen LogP contribution in [0.2, 0.25) is 0 Å². The molecule has 2 unspecified atom stereocenters. The van der Waals surface area contributed by atoms with Gasteiger partial charge in [-0.2, -0.15) is 13.2 Å². The molecule has 0 aromatic rings. The number of nitrogens with zero attached hydrogens (tertiary/aromatic N) is 1. The third kappa shape index (κ3) is 6.61. The molecule has 0 heterocycles. The van der Waals surface area contributed by atoms with Gasteiger partial charge in [0.1, 0.15) is 0 Å². The molecule has 0 amide bonds. The highest BCUT2D eigenvalue weighted by atomic mass is 19.4. The van der Waals surface area contributed by atoms with E-state index in [1.54, 1.807) is 4.90 Å². The van der Waals surface area contributed by atoms with E-state index in [9.17, 15) is 13.2 Å². The first-order valence-electron chi connectivity index (χ1n) is 7.24. The molecule has 1 fully saturated rings. The molecule has 2 nitrogen and oxygen atoms in total. The lowest BCUT2D eigenvalue weighted by molar-refractivity contribution is -0.153. The molecule has 0 aliphatic heterocycles. The lowest BCUT2D eigenvalue weighted by Gasteiger charge is -2.34. The Balaban J connectivity index is 2.44. The molecule has 0 aromatic heterocycles. The molecule has 0 bridgehead atoms. The summed E-state index contributed by atoms with van der Waals surface area (Å²) in [6, 6.07) is 0.109. The van der Waals surface area contributed by atoms with Crippen LogP contribution in [0, 0.1) is 11.8 Å². The number of hydrogen-bond acceptors (Lipinski definition) is 2. The second-order valence-electron chi connectivity index (χ2n) is 6.29. The summed E-state index contributed by atoms with van der Waals surface area (Å²) >= 11 is 0. The summed E-state index contributed by atoms with van der Waals surface area (Å²) in [5.41, 5.74) is 0. The minimum absolute atomic E-state index is 0.0335. The first-order chi connectivity index (χ1) is 8.70. The maximum atomic E-state index is 12.6. The minimum atomic E-state index is -4.10. The molecule has 19 heavy (non-hydrogen) atoms. The standard InChI is InChI=1S/C14H27F3N2/c1-10(2)7-18-8-11(3)12(4)19(13-5-6-13)9-14(15,16)17/h10-13,18H,5-9H2,1-4H3. The Kier molecular flexibility index (Phi) is 6.12. The van der Waals surface area contributed by atoms with Gasteiger partial charge in [-0.25, -0.2) is 0 Å². The van der Waals surface area contributed by atoms with Crippen LogP contribution in [-0.4, -0.2) is 42.8 Å². The molecule has 0 saturated heterocycles. The Bertz CT molecular complexity index is 262. The van der Waals surface area contributed by atoms with Gasteiger partial charge in [0.05, 0.1) is 6.54 Å². The van der Waals surface area contributed by atoms with Crippen molar-refractivity contribution in [3.63, 3.8) is 0 Å². The normalized spacial score (nSPS) is 20.1. The SMILES string of the molecule is CC(C)CNCC(C)C(C)N(CC(F)(F)F)C1CC1. The van der Waals surface area contributed by atoms with Gasteiger partial charge in [-0.1, -0.05) is 20.8 Å². The average molecular weight is 280 g/mol. The molecule has 1 N–H and O–H groups in total. The Morgan fingerprint density at radius 1 is 1.11 bits per heavy atom. The summed E-state index contributed by atoms with van der Waals surface area (Å²) in [4.78, 5) is 1.64. The summed E-state index contributed by atoms with van der Waals surface area (Å²) < 4.78 is 37.9. The summed E-state index contributed by atoms with van der Waals surface area (Å²) in [5, 5.41) is 3.33. The zero-order chi connectivity index (χ0) is 14.6. The molecule has 1 rings (SSSR count). The van der Waals surface area contributed by atoms with Crippen molar-refractivity contribution in [2.24, 2.45) is 11.8 Å². The van der Waals surface area contributed by atoms with E-state index in [4.69, 9.17) is 0 Å². The fourth-order valence-electron chi connectivity index (χ4n) is 2.32. The predicted octanol–water partition coefficient (Wildman–Crippen LogP) is 3.28. The van der Waals surface area contributed by atoms with Crippen molar-refractivity contribution < 1.29 is 13.2 Å². The highest BCUT2D eigenvalue weighted by molar-refractivity contribution is 4.90. The summed E-state index contributed by atoms with van der Waals surface area (Å²) in [6.45, 7) is 9.13. The monoisotopic (exact) mass is 280 g/mol. The summed E-state index contributed by atoms with van der Waals surface area (Å²) in [6.07, 6.45) is -2.28. The Morgan fingerprint density at radius 2 is 1.68 bits per heavy atom. The fourth-order valence-corrected chi connectivity index (χ4v) is 2.32. The van der Waals surface area contributed by atoms with E-state index < -0.39 is 12.7 Å². The van der Waals surface area contributed by atoms with Crippen LogP contribution in [0.25, 0.3) is 0 Å². The van der Waals surface area contributed by atoms with E-state index in [0.29, 0.717) is 5.92 Å². The van der Waals surface area contributed by atoms with Gasteiger partial charge in [0.25, 0.3) is 0 Å². The number of hydrogen-bond donors (Lipinski definition) is 1. The fraction of sp³-hybridized carbons (Fsp3) is 1.00. The van der Waals surface area contributed by atoms with Gasteiger partial charge in [-0.05, 0) is 44.7 Å². The van der Waals surface area contributed by atoms with E-state index in [1.165, 1.54) is 0 Å². The van der Waals surface area contributed by atoms with Crippen molar-refractivity contribution in [2.75, 3.05) is 19.6 Å². The Morgan fingerprint density at radius 3 is 2.11 bits per heavy atom. The second-order valence-corrected chi connectivity index (χ2v) is 6.29. The van der Waals surface area contributed by atoms with Crippen LogP contribution in [0.3, 0.4) is 0 Å². The molecule has 114 valence electrons. The zero-order valence-corrected chi connectivity index (χ0v) is 12.4. The maximum Gasteiger partial charge on any atom is 0.401 e. The van der Waals surface area contributed by atoms with Crippen LogP contribution in [0.4, 0.5) is 13.2 Å². The number of alkyl halides is 3. The van der Waals surface area contributed by atoms with Gasteiger partial charge >= 0.3 is 6.18 Å². The van der Waals surface area contributed by atoms with Gasteiger partial charge in [-0.15, -0.1) is 0 Å². The minimum Gasteiger partial charge on any atom is -0.316 e. The second kappa shape index (κ2) is 6.93. The van der Waals surface area contributed by atoms with Crippen LogP contribution in [-0.2, 0) is 0 Å².